The molecule has 1 aliphatic rings. The first-order valence-electron chi connectivity index (χ1n) is 12.3. The Morgan fingerprint density at radius 1 is 1.00 bits per heavy atom. The molecular formula is C27H35N3O5S. The maximum Gasteiger partial charge on any atom is 0.244 e. The molecule has 0 aromatic heterocycles. The first kappa shape index (κ1) is 27.4. The van der Waals surface area contributed by atoms with Gasteiger partial charge in [-0.1, -0.05) is 61.7 Å². The summed E-state index contributed by atoms with van der Waals surface area (Å²) in [7, 11) is -3.86. The van der Waals surface area contributed by atoms with Gasteiger partial charge in [0.05, 0.1) is 11.9 Å². The molecule has 0 saturated heterocycles. The molecule has 36 heavy (non-hydrogen) atoms. The molecule has 194 valence electrons. The molecule has 0 spiro atoms. The molecule has 2 aromatic carbocycles. The molecule has 0 unspecified atom stereocenters. The van der Waals surface area contributed by atoms with E-state index in [0.29, 0.717) is 5.56 Å². The average molecular weight is 514 g/mol. The van der Waals surface area contributed by atoms with E-state index in [2.05, 4.69) is 5.32 Å². The highest BCUT2D eigenvalue weighted by atomic mass is 32.2. The van der Waals surface area contributed by atoms with Crippen molar-refractivity contribution < 1.29 is 22.8 Å². The Hall–Kier alpha value is -3.20. The quantitative estimate of drug-likeness (QED) is 0.490. The topological polar surface area (TPSA) is 104 Å². The third-order valence-electron chi connectivity index (χ3n) is 6.53. The van der Waals surface area contributed by atoms with Gasteiger partial charge in [0, 0.05) is 18.2 Å². The molecular weight excluding hydrogens is 478 g/mol. The zero-order valence-corrected chi connectivity index (χ0v) is 22.0. The van der Waals surface area contributed by atoms with Crippen molar-refractivity contribution in [3.8, 4) is 0 Å². The predicted octanol–water partition coefficient (Wildman–Crippen LogP) is 3.52. The number of rotatable bonds is 10. The van der Waals surface area contributed by atoms with Gasteiger partial charge in [0.2, 0.25) is 21.8 Å². The van der Waals surface area contributed by atoms with Crippen LogP contribution < -0.4 is 9.62 Å². The van der Waals surface area contributed by atoms with Gasteiger partial charge in [-0.3, -0.25) is 18.7 Å². The van der Waals surface area contributed by atoms with Gasteiger partial charge in [-0.05, 0) is 44.4 Å². The summed E-state index contributed by atoms with van der Waals surface area (Å²) in [6.45, 7) is 2.72. The van der Waals surface area contributed by atoms with Crippen LogP contribution in [0.25, 0.3) is 0 Å². The molecule has 1 atom stereocenters. The second-order valence-electron chi connectivity index (χ2n) is 9.40. The summed E-state index contributed by atoms with van der Waals surface area (Å²) in [4.78, 5) is 40.0. The third kappa shape index (κ3) is 7.40. The molecule has 9 heteroatoms. The van der Waals surface area contributed by atoms with Crippen LogP contribution in [0.2, 0.25) is 0 Å². The normalized spacial score (nSPS) is 15.1. The zero-order valence-electron chi connectivity index (χ0n) is 21.1. The van der Waals surface area contributed by atoms with E-state index >= 15 is 0 Å². The van der Waals surface area contributed by atoms with Crippen molar-refractivity contribution in [2.75, 3.05) is 17.1 Å². The SMILES string of the molecule is CC(=O)c1cccc(N(CC(=O)N(Cc2ccccc2)[C@H](C)C(=O)NC2CCCCC2)S(C)(=O)=O)c1. The first-order valence-corrected chi connectivity index (χ1v) is 14.1. The van der Waals surface area contributed by atoms with Crippen LogP contribution in [0, 0.1) is 0 Å². The number of nitrogens with one attached hydrogen (secondary N) is 1. The van der Waals surface area contributed by atoms with Crippen LogP contribution >= 0.6 is 0 Å². The minimum Gasteiger partial charge on any atom is -0.352 e. The van der Waals surface area contributed by atoms with Crippen LogP contribution in [-0.4, -0.2) is 55.8 Å². The number of benzene rings is 2. The number of nitrogens with zero attached hydrogens (tertiary/aromatic N) is 2. The van der Waals surface area contributed by atoms with Crippen LogP contribution in [0.5, 0.6) is 0 Å². The Kier molecular flexibility index (Phi) is 9.25. The van der Waals surface area contributed by atoms with E-state index in [1.54, 1.807) is 25.1 Å². The third-order valence-corrected chi connectivity index (χ3v) is 7.68. The van der Waals surface area contributed by atoms with Crippen LogP contribution in [0.15, 0.2) is 54.6 Å². The van der Waals surface area contributed by atoms with Gasteiger partial charge in [-0.25, -0.2) is 8.42 Å². The fourth-order valence-corrected chi connectivity index (χ4v) is 5.27. The summed E-state index contributed by atoms with van der Waals surface area (Å²) in [5.41, 5.74) is 1.39. The first-order chi connectivity index (χ1) is 17.1. The van der Waals surface area contributed by atoms with Crippen molar-refractivity contribution >= 4 is 33.3 Å². The molecule has 2 aromatic rings. The molecule has 0 bridgehead atoms. The van der Waals surface area contributed by atoms with Crippen LogP contribution in [0.3, 0.4) is 0 Å². The summed E-state index contributed by atoms with van der Waals surface area (Å²) in [5.74, 6) is -0.977. The number of sulfonamides is 1. The molecule has 1 aliphatic carbocycles. The summed E-state index contributed by atoms with van der Waals surface area (Å²) in [6.07, 6.45) is 6.14. The molecule has 0 aliphatic heterocycles. The minimum atomic E-state index is -3.86. The predicted molar refractivity (Wildman–Crippen MR) is 140 cm³/mol. The second kappa shape index (κ2) is 12.2. The van der Waals surface area contributed by atoms with Gasteiger partial charge in [0.25, 0.3) is 0 Å². The highest BCUT2D eigenvalue weighted by Crippen LogP contribution is 2.22. The average Bonchev–Trinajstić information content (AvgIpc) is 2.86. The molecule has 3 rings (SSSR count). The molecule has 2 amide bonds. The van der Waals surface area contributed by atoms with E-state index in [9.17, 15) is 22.8 Å². The zero-order chi connectivity index (χ0) is 26.3. The van der Waals surface area contributed by atoms with Gasteiger partial charge < -0.3 is 10.2 Å². The number of carbonyl (C=O) groups excluding carboxylic acids is 3. The number of hydrogen-bond donors (Lipinski definition) is 1. The van der Waals surface area contributed by atoms with E-state index in [4.69, 9.17) is 0 Å². The van der Waals surface area contributed by atoms with Gasteiger partial charge in [0.1, 0.15) is 12.6 Å². The Morgan fingerprint density at radius 2 is 1.67 bits per heavy atom. The Labute approximate surface area is 213 Å². The van der Waals surface area contributed by atoms with E-state index in [1.807, 2.05) is 30.3 Å². The number of carbonyl (C=O) groups is 3. The fourth-order valence-electron chi connectivity index (χ4n) is 4.43. The van der Waals surface area contributed by atoms with Crippen molar-refractivity contribution in [1.82, 2.24) is 10.2 Å². The minimum absolute atomic E-state index is 0.0872. The molecule has 1 N–H and O–H groups in total. The van der Waals surface area contributed by atoms with Gasteiger partial charge in [-0.2, -0.15) is 0 Å². The Balaban J connectivity index is 1.87. The highest BCUT2D eigenvalue weighted by molar-refractivity contribution is 7.92. The summed E-state index contributed by atoms with van der Waals surface area (Å²) < 4.78 is 26.4. The van der Waals surface area contributed by atoms with E-state index in [-0.39, 0.29) is 30.0 Å². The van der Waals surface area contributed by atoms with E-state index in [0.717, 1.165) is 48.2 Å². The summed E-state index contributed by atoms with van der Waals surface area (Å²) in [5, 5.41) is 3.07. The van der Waals surface area contributed by atoms with E-state index in [1.165, 1.54) is 17.9 Å². The number of amides is 2. The number of Topliss-reactive ketones (excluding diaryl/α,β-unsaturated/α-hetero) is 1. The van der Waals surface area contributed by atoms with Crippen molar-refractivity contribution in [3.63, 3.8) is 0 Å². The van der Waals surface area contributed by atoms with E-state index < -0.39 is 28.5 Å². The standard InChI is InChI=1S/C27H35N3O5S/c1-20(27(33)28-24-14-8-5-9-15-24)29(18-22-11-6-4-7-12-22)26(32)19-30(36(3,34)35)25-16-10-13-23(17-25)21(2)31/h4,6-7,10-13,16-17,20,24H,5,8-9,14-15,18-19H2,1-3H3,(H,28,33)/t20-/m1/s1. The van der Waals surface area contributed by atoms with Crippen molar-refractivity contribution in [3.05, 3.63) is 65.7 Å². The maximum absolute atomic E-state index is 13.6. The number of ketones is 1. The summed E-state index contributed by atoms with van der Waals surface area (Å²) in [6, 6.07) is 14.7. The Bertz CT molecular complexity index is 1180. The Morgan fingerprint density at radius 3 is 2.28 bits per heavy atom. The van der Waals surface area contributed by atoms with Gasteiger partial charge in [0.15, 0.2) is 5.78 Å². The summed E-state index contributed by atoms with van der Waals surface area (Å²) >= 11 is 0. The van der Waals surface area contributed by atoms with Crippen LogP contribution in [0.4, 0.5) is 5.69 Å². The van der Waals surface area contributed by atoms with Crippen LogP contribution in [0.1, 0.15) is 61.9 Å². The fraction of sp³-hybridized carbons (Fsp3) is 0.444. The van der Waals surface area contributed by atoms with Gasteiger partial charge in [-0.15, -0.1) is 0 Å². The molecule has 0 radical (unpaired) electrons. The molecule has 8 nitrogen and oxygen atoms in total. The van der Waals surface area contributed by atoms with Gasteiger partial charge >= 0.3 is 0 Å². The maximum atomic E-state index is 13.6. The molecule has 1 fully saturated rings. The lowest BCUT2D eigenvalue weighted by Crippen LogP contribution is -2.52. The largest absolute Gasteiger partial charge is 0.352 e. The number of anilines is 1. The lowest BCUT2D eigenvalue weighted by molar-refractivity contribution is -0.139. The lowest BCUT2D eigenvalue weighted by Gasteiger charge is -2.33. The lowest BCUT2D eigenvalue weighted by atomic mass is 9.95. The number of hydrogen-bond acceptors (Lipinski definition) is 5. The van der Waals surface area contributed by atoms with Crippen LogP contribution in [-0.2, 0) is 26.2 Å². The van der Waals surface area contributed by atoms with Crippen molar-refractivity contribution in [2.45, 2.75) is 64.6 Å². The smallest absolute Gasteiger partial charge is 0.244 e. The molecule has 1 saturated carbocycles. The van der Waals surface area contributed by atoms with Crippen molar-refractivity contribution in [1.29, 1.82) is 0 Å². The molecule has 0 heterocycles. The highest BCUT2D eigenvalue weighted by Gasteiger charge is 2.31. The second-order valence-corrected chi connectivity index (χ2v) is 11.3. The van der Waals surface area contributed by atoms with Crippen molar-refractivity contribution in [2.24, 2.45) is 0 Å². The monoisotopic (exact) mass is 513 g/mol.